The Morgan fingerprint density at radius 2 is 2.00 bits per heavy atom. The number of hydrogen-bond donors (Lipinski definition) is 1. The zero-order valence-electron chi connectivity index (χ0n) is 21.7. The van der Waals surface area contributed by atoms with Crippen molar-refractivity contribution in [2.45, 2.75) is 64.6 Å². The monoisotopic (exact) mass is 505 g/mol. The lowest BCUT2D eigenvalue weighted by Gasteiger charge is -2.34. The summed E-state index contributed by atoms with van der Waals surface area (Å²) < 4.78 is 20.0. The van der Waals surface area contributed by atoms with Crippen molar-refractivity contribution in [3.05, 3.63) is 96.1 Å². The summed E-state index contributed by atoms with van der Waals surface area (Å²) in [4.78, 5) is 33.2. The van der Waals surface area contributed by atoms with E-state index in [9.17, 15) is 14.0 Å². The molecule has 1 atom stereocenters. The minimum Gasteiger partial charge on any atom is -0.365 e. The van der Waals surface area contributed by atoms with Crippen LogP contribution in [0.15, 0.2) is 84.6 Å². The van der Waals surface area contributed by atoms with Crippen molar-refractivity contribution in [1.29, 1.82) is 0 Å². The van der Waals surface area contributed by atoms with E-state index in [1.54, 1.807) is 36.5 Å². The van der Waals surface area contributed by atoms with Crippen LogP contribution >= 0.6 is 0 Å². The number of aromatic nitrogens is 1. The molecule has 1 heterocycles. The van der Waals surface area contributed by atoms with Gasteiger partial charge in [-0.05, 0) is 68.2 Å². The second-order valence-corrected chi connectivity index (χ2v) is 9.15. The van der Waals surface area contributed by atoms with Crippen molar-refractivity contribution < 1.29 is 18.7 Å². The topological polar surface area (TPSA) is 71.5 Å². The molecular formula is C30H36FN3O3. The number of pyridine rings is 1. The lowest BCUT2D eigenvalue weighted by molar-refractivity contribution is -0.128. The smallest absolute Gasteiger partial charge is 0.254 e. The minimum atomic E-state index is -1.04. The van der Waals surface area contributed by atoms with Gasteiger partial charge in [0.1, 0.15) is 18.5 Å². The molecule has 1 N–H and O–H groups in total. The predicted octanol–water partition coefficient (Wildman–Crippen LogP) is 5.67. The van der Waals surface area contributed by atoms with Crippen molar-refractivity contribution in [2.75, 3.05) is 11.5 Å². The third-order valence-electron chi connectivity index (χ3n) is 6.42. The van der Waals surface area contributed by atoms with Crippen LogP contribution in [0.1, 0.15) is 51.6 Å². The normalized spacial score (nSPS) is 15.6. The summed E-state index contributed by atoms with van der Waals surface area (Å²) in [6.45, 7) is 7.38. The molecule has 37 heavy (non-hydrogen) atoms. The van der Waals surface area contributed by atoms with E-state index in [1.807, 2.05) is 26.0 Å². The first-order chi connectivity index (χ1) is 17.9. The Labute approximate surface area is 218 Å². The number of nitrogens with zero attached hydrogens (tertiary/aromatic N) is 2. The summed E-state index contributed by atoms with van der Waals surface area (Å²) in [5, 5.41) is 3.16. The number of nitrogens with one attached hydrogen (secondary N) is 1. The Kier molecular flexibility index (Phi) is 10.8. The Morgan fingerprint density at radius 1 is 1.22 bits per heavy atom. The van der Waals surface area contributed by atoms with E-state index < -0.39 is 17.8 Å². The summed E-state index contributed by atoms with van der Waals surface area (Å²) in [5.41, 5.74) is 2.30. The van der Waals surface area contributed by atoms with Crippen LogP contribution in [0.4, 0.5) is 10.1 Å². The van der Waals surface area contributed by atoms with Gasteiger partial charge in [0, 0.05) is 17.9 Å². The fourth-order valence-electron chi connectivity index (χ4n) is 4.52. The Balaban J connectivity index is 2.00. The number of ether oxygens (including phenoxy) is 1. The summed E-state index contributed by atoms with van der Waals surface area (Å²) in [7, 11) is 0. The molecule has 0 spiro atoms. The highest BCUT2D eigenvalue weighted by Gasteiger charge is 2.35. The number of carbonyl (C=O) groups excluding carboxylic acids is 2. The Hall–Kier alpha value is -3.58. The molecule has 1 aliphatic carbocycles. The van der Waals surface area contributed by atoms with Crippen molar-refractivity contribution in [2.24, 2.45) is 0 Å². The zero-order chi connectivity index (χ0) is 26.6. The number of benzene rings is 1. The number of halogens is 1. The summed E-state index contributed by atoms with van der Waals surface area (Å²) in [5.74, 6) is -1.29. The average Bonchev–Trinajstić information content (AvgIpc) is 2.91. The van der Waals surface area contributed by atoms with Crippen LogP contribution in [0.5, 0.6) is 0 Å². The van der Waals surface area contributed by atoms with Gasteiger partial charge in [-0.1, -0.05) is 56.2 Å². The van der Waals surface area contributed by atoms with Crippen LogP contribution in [-0.2, 0) is 20.9 Å². The fraction of sp³-hybridized carbons (Fsp3) is 0.367. The average molecular weight is 506 g/mol. The molecule has 1 aromatic carbocycles. The van der Waals surface area contributed by atoms with Crippen LogP contribution in [0.25, 0.3) is 0 Å². The highest BCUT2D eigenvalue weighted by Crippen LogP contribution is 2.27. The maximum Gasteiger partial charge on any atom is 0.254 e. The van der Waals surface area contributed by atoms with E-state index in [0.717, 1.165) is 37.7 Å². The van der Waals surface area contributed by atoms with Gasteiger partial charge in [-0.2, -0.15) is 0 Å². The second-order valence-electron chi connectivity index (χ2n) is 9.15. The summed E-state index contributed by atoms with van der Waals surface area (Å²) in [6, 6.07) is 10.1. The third kappa shape index (κ3) is 7.95. The standard InChI is InChI=1S/C30H36FN3O3/c1-4-12-27(22(3)5-2)29(30(36)33-24-14-7-6-8-15-24)34(26-17-11-13-23(31)19-26)28(35)21-37-20-25-16-9-10-18-32-25/h4-5,9-13,16-19,24,29H,2,6-8,14-15,20-21H2,1,3H3,(H,33,36)/b12-4-,27-22+. The fourth-order valence-corrected chi connectivity index (χ4v) is 4.52. The molecule has 3 rings (SSSR count). The lowest BCUT2D eigenvalue weighted by atomic mass is 9.93. The van der Waals surface area contributed by atoms with Gasteiger partial charge in [0.2, 0.25) is 5.91 Å². The molecule has 0 radical (unpaired) electrons. The molecule has 2 amide bonds. The Morgan fingerprint density at radius 3 is 2.65 bits per heavy atom. The number of allylic oxidation sites excluding steroid dienone is 3. The maximum absolute atomic E-state index is 14.4. The van der Waals surface area contributed by atoms with E-state index in [4.69, 9.17) is 4.74 Å². The zero-order valence-corrected chi connectivity index (χ0v) is 21.7. The van der Waals surface area contributed by atoms with Crippen molar-refractivity contribution >= 4 is 17.5 Å². The first kappa shape index (κ1) is 28.0. The molecular weight excluding hydrogens is 469 g/mol. The van der Waals surface area contributed by atoms with Gasteiger partial charge in [-0.15, -0.1) is 0 Å². The quantitative estimate of drug-likeness (QED) is 0.400. The van der Waals surface area contributed by atoms with Gasteiger partial charge < -0.3 is 10.1 Å². The molecule has 1 saturated carbocycles. The van der Waals surface area contributed by atoms with Crippen LogP contribution in [0.3, 0.4) is 0 Å². The summed E-state index contributed by atoms with van der Waals surface area (Å²) >= 11 is 0. The lowest BCUT2D eigenvalue weighted by Crippen LogP contribution is -2.54. The van der Waals surface area contributed by atoms with Crippen LogP contribution in [0.2, 0.25) is 0 Å². The minimum absolute atomic E-state index is 0.0320. The number of anilines is 1. The second kappa shape index (κ2) is 14.2. The molecule has 1 aromatic heterocycles. The number of hydrogen-bond acceptors (Lipinski definition) is 4. The molecule has 1 unspecified atom stereocenters. The van der Waals surface area contributed by atoms with Gasteiger partial charge in [0.25, 0.3) is 5.91 Å². The number of amides is 2. The van der Waals surface area contributed by atoms with Crippen molar-refractivity contribution in [1.82, 2.24) is 10.3 Å². The summed E-state index contributed by atoms with van der Waals surface area (Å²) in [6.07, 6.45) is 12.0. The highest BCUT2D eigenvalue weighted by atomic mass is 19.1. The highest BCUT2D eigenvalue weighted by molar-refractivity contribution is 6.03. The molecule has 2 aromatic rings. The number of carbonyl (C=O) groups is 2. The van der Waals surface area contributed by atoms with Gasteiger partial charge in [-0.25, -0.2) is 4.39 Å². The largest absolute Gasteiger partial charge is 0.365 e. The van der Waals surface area contributed by atoms with E-state index in [2.05, 4.69) is 16.9 Å². The maximum atomic E-state index is 14.4. The van der Waals surface area contributed by atoms with Crippen LogP contribution in [-0.4, -0.2) is 35.5 Å². The van der Waals surface area contributed by atoms with E-state index in [-0.39, 0.29) is 30.9 Å². The van der Waals surface area contributed by atoms with Crippen LogP contribution < -0.4 is 10.2 Å². The van der Waals surface area contributed by atoms with Gasteiger partial charge in [0.15, 0.2) is 0 Å². The third-order valence-corrected chi connectivity index (χ3v) is 6.42. The molecule has 196 valence electrons. The molecule has 0 bridgehead atoms. The molecule has 7 heteroatoms. The molecule has 0 aliphatic heterocycles. The van der Waals surface area contributed by atoms with E-state index in [1.165, 1.54) is 23.1 Å². The number of rotatable bonds is 11. The first-order valence-corrected chi connectivity index (χ1v) is 12.8. The van der Waals surface area contributed by atoms with Gasteiger partial charge in [0.05, 0.1) is 12.3 Å². The molecule has 6 nitrogen and oxygen atoms in total. The Bertz CT molecular complexity index is 1120. The predicted molar refractivity (Wildman–Crippen MR) is 144 cm³/mol. The van der Waals surface area contributed by atoms with E-state index >= 15 is 0 Å². The first-order valence-electron chi connectivity index (χ1n) is 12.8. The van der Waals surface area contributed by atoms with Crippen LogP contribution in [0, 0.1) is 5.82 Å². The van der Waals surface area contributed by atoms with E-state index in [0.29, 0.717) is 11.3 Å². The SMILES string of the molecule is C=C/C(C)=C(\C=C/C)C(C(=O)NC1CCCCC1)N(C(=O)COCc1ccccn1)c1cccc(F)c1. The van der Waals surface area contributed by atoms with Crippen molar-refractivity contribution in [3.63, 3.8) is 0 Å². The molecule has 0 saturated heterocycles. The van der Waals surface area contributed by atoms with Crippen molar-refractivity contribution in [3.8, 4) is 0 Å². The molecule has 1 fully saturated rings. The molecule has 1 aliphatic rings. The van der Waals surface area contributed by atoms with Gasteiger partial charge in [-0.3, -0.25) is 19.5 Å². The van der Waals surface area contributed by atoms with Gasteiger partial charge >= 0.3 is 0 Å².